The van der Waals surface area contributed by atoms with Crippen LogP contribution in [-0.2, 0) is 0 Å². The molecule has 1 aromatic heterocycles. The number of nitrogens with zero attached hydrogens (tertiary/aromatic N) is 2. The van der Waals surface area contributed by atoms with E-state index in [9.17, 15) is 9.59 Å². The second-order valence-corrected chi connectivity index (χ2v) is 6.68. The van der Waals surface area contributed by atoms with Crippen LogP contribution in [0, 0.1) is 11.3 Å². The quantitative estimate of drug-likeness (QED) is 0.842. The first-order valence-electron chi connectivity index (χ1n) is 7.66. The van der Waals surface area contributed by atoms with Crippen molar-refractivity contribution in [3.63, 3.8) is 0 Å². The van der Waals surface area contributed by atoms with Crippen molar-refractivity contribution in [1.29, 1.82) is 0 Å². The summed E-state index contributed by atoms with van der Waals surface area (Å²) >= 11 is 0. The van der Waals surface area contributed by atoms with Crippen molar-refractivity contribution in [2.45, 2.75) is 58.9 Å². The molecule has 21 heavy (non-hydrogen) atoms. The van der Waals surface area contributed by atoms with Gasteiger partial charge in [-0.3, -0.25) is 9.48 Å². The largest absolute Gasteiger partial charge is 0.476 e. The molecule has 0 atom stereocenters. The van der Waals surface area contributed by atoms with E-state index in [1.165, 1.54) is 6.42 Å². The van der Waals surface area contributed by atoms with Gasteiger partial charge in [0, 0.05) is 6.20 Å². The van der Waals surface area contributed by atoms with Crippen LogP contribution in [0.3, 0.4) is 0 Å². The number of aldehydes is 1. The van der Waals surface area contributed by atoms with Crippen molar-refractivity contribution < 1.29 is 14.7 Å². The van der Waals surface area contributed by atoms with Crippen molar-refractivity contribution in [3.05, 3.63) is 17.5 Å². The van der Waals surface area contributed by atoms with Gasteiger partial charge in [-0.05, 0) is 37.0 Å². The molecule has 0 amide bonds. The Balaban J connectivity index is 2.09. The smallest absolute Gasteiger partial charge is 0.357 e. The van der Waals surface area contributed by atoms with Gasteiger partial charge in [0.2, 0.25) is 0 Å². The number of hydrogen-bond acceptors (Lipinski definition) is 3. The molecule has 0 saturated heterocycles. The third-order valence-electron chi connectivity index (χ3n) is 5.18. The van der Waals surface area contributed by atoms with Crippen LogP contribution in [0.4, 0.5) is 0 Å². The van der Waals surface area contributed by atoms with Gasteiger partial charge in [0.05, 0.1) is 11.6 Å². The number of hydrogen-bond donors (Lipinski definition) is 1. The number of carboxylic acid groups (broad SMARTS) is 1. The molecule has 1 aliphatic rings. The summed E-state index contributed by atoms with van der Waals surface area (Å²) in [5, 5.41) is 13.2. The maximum absolute atomic E-state index is 11.1. The summed E-state index contributed by atoms with van der Waals surface area (Å²) < 4.78 is 1.68. The van der Waals surface area contributed by atoms with Crippen LogP contribution in [0.15, 0.2) is 6.20 Å². The Kier molecular flexibility index (Phi) is 4.49. The summed E-state index contributed by atoms with van der Waals surface area (Å²) in [6, 6.07) is 0.209. The average molecular weight is 292 g/mol. The molecule has 2 rings (SSSR count). The number of carbonyl (C=O) groups excluding carboxylic acids is 1. The van der Waals surface area contributed by atoms with Crippen molar-refractivity contribution in [1.82, 2.24) is 9.78 Å². The normalized spacial score (nSPS) is 23.0. The fraction of sp³-hybridized carbons (Fsp3) is 0.688. The van der Waals surface area contributed by atoms with E-state index in [1.807, 2.05) is 0 Å². The van der Waals surface area contributed by atoms with Crippen LogP contribution < -0.4 is 0 Å². The first kappa shape index (κ1) is 15.7. The van der Waals surface area contributed by atoms with E-state index in [0.29, 0.717) is 17.6 Å². The Morgan fingerprint density at radius 2 is 2.05 bits per heavy atom. The monoisotopic (exact) mass is 292 g/mol. The van der Waals surface area contributed by atoms with Crippen LogP contribution in [-0.4, -0.2) is 27.1 Å². The molecule has 5 heteroatoms. The second kappa shape index (κ2) is 6.00. The lowest BCUT2D eigenvalue weighted by atomic mass is 9.69. The van der Waals surface area contributed by atoms with Gasteiger partial charge < -0.3 is 5.11 Å². The highest BCUT2D eigenvalue weighted by molar-refractivity contribution is 5.95. The molecule has 0 aromatic carbocycles. The molecule has 1 N–H and O–H groups in total. The lowest BCUT2D eigenvalue weighted by molar-refractivity contribution is 0.0685. The number of rotatable bonds is 5. The van der Waals surface area contributed by atoms with E-state index >= 15 is 0 Å². The second-order valence-electron chi connectivity index (χ2n) is 6.68. The van der Waals surface area contributed by atoms with Crippen LogP contribution in [0.2, 0.25) is 0 Å². The summed E-state index contributed by atoms with van der Waals surface area (Å²) in [4.78, 5) is 22.0. The standard InChI is InChI=1S/C16H24N2O3/c1-4-16(2,3)12-5-7-13(8-6-12)18-9-11(10-19)14(17-18)15(20)21/h9-10,12-13H,4-8H2,1-3H3,(H,20,21). The topological polar surface area (TPSA) is 72.2 Å². The van der Waals surface area contributed by atoms with Crippen molar-refractivity contribution >= 4 is 12.3 Å². The van der Waals surface area contributed by atoms with Crippen LogP contribution >= 0.6 is 0 Å². The van der Waals surface area contributed by atoms with Crippen LogP contribution in [0.1, 0.15) is 79.8 Å². The van der Waals surface area contributed by atoms with E-state index in [2.05, 4.69) is 25.9 Å². The molecular weight excluding hydrogens is 268 g/mol. The minimum absolute atomic E-state index is 0.138. The minimum Gasteiger partial charge on any atom is -0.476 e. The molecule has 0 aliphatic heterocycles. The molecule has 1 aliphatic carbocycles. The number of aromatic carboxylic acids is 1. The Labute approximate surface area is 125 Å². The van der Waals surface area contributed by atoms with E-state index < -0.39 is 5.97 Å². The predicted octanol–water partition coefficient (Wildman–Crippen LogP) is 3.56. The third-order valence-corrected chi connectivity index (χ3v) is 5.18. The summed E-state index contributed by atoms with van der Waals surface area (Å²) in [5.74, 6) is -0.435. The molecular formula is C16H24N2O3. The highest BCUT2D eigenvalue weighted by atomic mass is 16.4. The molecule has 5 nitrogen and oxygen atoms in total. The lowest BCUT2D eigenvalue weighted by Gasteiger charge is -2.38. The fourth-order valence-electron chi connectivity index (χ4n) is 3.26. The lowest BCUT2D eigenvalue weighted by Crippen LogP contribution is -2.29. The van der Waals surface area contributed by atoms with Gasteiger partial charge in [0.25, 0.3) is 0 Å². The van der Waals surface area contributed by atoms with Gasteiger partial charge in [-0.1, -0.05) is 27.2 Å². The van der Waals surface area contributed by atoms with E-state index in [-0.39, 0.29) is 17.3 Å². The highest BCUT2D eigenvalue weighted by Crippen LogP contribution is 2.43. The Morgan fingerprint density at radius 1 is 1.43 bits per heavy atom. The zero-order valence-corrected chi connectivity index (χ0v) is 13.0. The molecule has 1 fully saturated rings. The Morgan fingerprint density at radius 3 is 2.48 bits per heavy atom. The van der Waals surface area contributed by atoms with Crippen molar-refractivity contribution in [2.75, 3.05) is 0 Å². The average Bonchev–Trinajstić information content (AvgIpc) is 2.92. The van der Waals surface area contributed by atoms with Crippen molar-refractivity contribution in [3.8, 4) is 0 Å². The van der Waals surface area contributed by atoms with E-state index in [0.717, 1.165) is 25.7 Å². The highest BCUT2D eigenvalue weighted by Gasteiger charge is 2.33. The summed E-state index contributed by atoms with van der Waals surface area (Å²) in [6.45, 7) is 6.87. The van der Waals surface area contributed by atoms with Gasteiger partial charge in [0.1, 0.15) is 0 Å². The fourth-order valence-corrected chi connectivity index (χ4v) is 3.26. The molecule has 0 unspecified atom stereocenters. The molecule has 0 spiro atoms. The van der Waals surface area contributed by atoms with Crippen LogP contribution in [0.5, 0.6) is 0 Å². The summed E-state index contributed by atoms with van der Waals surface area (Å²) in [6.07, 6.45) is 7.56. The zero-order chi connectivity index (χ0) is 15.6. The first-order valence-corrected chi connectivity index (χ1v) is 7.66. The van der Waals surface area contributed by atoms with Gasteiger partial charge in [-0.25, -0.2) is 4.79 Å². The predicted molar refractivity (Wildman–Crippen MR) is 79.6 cm³/mol. The zero-order valence-electron chi connectivity index (χ0n) is 13.0. The van der Waals surface area contributed by atoms with Gasteiger partial charge >= 0.3 is 5.97 Å². The van der Waals surface area contributed by atoms with E-state index in [4.69, 9.17) is 5.11 Å². The number of carbonyl (C=O) groups is 2. The van der Waals surface area contributed by atoms with Crippen molar-refractivity contribution in [2.24, 2.45) is 11.3 Å². The first-order chi connectivity index (χ1) is 9.89. The molecule has 1 saturated carbocycles. The Hall–Kier alpha value is -1.65. The molecule has 1 aromatic rings. The SMILES string of the molecule is CCC(C)(C)C1CCC(n2cc(C=O)c(C(=O)O)n2)CC1. The molecule has 0 radical (unpaired) electrons. The van der Waals surface area contributed by atoms with Crippen LogP contribution in [0.25, 0.3) is 0 Å². The maximum atomic E-state index is 11.1. The molecule has 116 valence electrons. The minimum atomic E-state index is -1.14. The van der Waals surface area contributed by atoms with Gasteiger partial charge in [-0.15, -0.1) is 0 Å². The molecule has 1 heterocycles. The number of aromatic nitrogens is 2. The van der Waals surface area contributed by atoms with Gasteiger partial charge in [0.15, 0.2) is 12.0 Å². The molecule has 0 bridgehead atoms. The number of carboxylic acids is 1. The van der Waals surface area contributed by atoms with Gasteiger partial charge in [-0.2, -0.15) is 5.10 Å². The van der Waals surface area contributed by atoms with E-state index in [1.54, 1.807) is 10.9 Å². The summed E-state index contributed by atoms with van der Waals surface area (Å²) in [5.41, 5.74) is 0.384. The maximum Gasteiger partial charge on any atom is 0.357 e. The third kappa shape index (κ3) is 3.17. The Bertz CT molecular complexity index is 526. The summed E-state index contributed by atoms with van der Waals surface area (Å²) in [7, 11) is 0.